The number of aromatic nitrogens is 4. The van der Waals surface area contributed by atoms with E-state index in [-0.39, 0.29) is 5.41 Å². The molecule has 1 spiro atoms. The van der Waals surface area contributed by atoms with Crippen LogP contribution in [0, 0.1) is 12.3 Å². The summed E-state index contributed by atoms with van der Waals surface area (Å²) in [6, 6.07) is 10.6. The minimum absolute atomic E-state index is 0.261. The average molecular weight is 484 g/mol. The lowest BCUT2D eigenvalue weighted by molar-refractivity contribution is 0.277. The van der Waals surface area contributed by atoms with Crippen LogP contribution in [0.5, 0.6) is 0 Å². The second-order valence-corrected chi connectivity index (χ2v) is 10.7. The number of anilines is 1. The van der Waals surface area contributed by atoms with E-state index >= 15 is 0 Å². The van der Waals surface area contributed by atoms with Gasteiger partial charge < -0.3 is 9.42 Å². The second kappa shape index (κ2) is 7.89. The van der Waals surface area contributed by atoms with Crippen molar-refractivity contribution in [3.8, 4) is 11.3 Å². The number of benzene rings is 1. The number of rotatable bonds is 4. The van der Waals surface area contributed by atoms with Crippen molar-refractivity contribution in [1.29, 1.82) is 0 Å². The zero-order valence-corrected chi connectivity index (χ0v) is 20.4. The Morgan fingerprint density at radius 3 is 2.69 bits per heavy atom. The summed E-state index contributed by atoms with van der Waals surface area (Å²) in [7, 11) is 0. The van der Waals surface area contributed by atoms with Gasteiger partial charge in [0.05, 0.1) is 16.2 Å². The number of fused-ring (bicyclic) bond motifs is 1. The van der Waals surface area contributed by atoms with Crippen LogP contribution in [0.25, 0.3) is 27.7 Å². The zero-order chi connectivity index (χ0) is 23.6. The van der Waals surface area contributed by atoms with Gasteiger partial charge in [0.15, 0.2) is 0 Å². The summed E-state index contributed by atoms with van der Waals surface area (Å²) in [6.45, 7) is 4.06. The van der Waals surface area contributed by atoms with Crippen LogP contribution in [0.1, 0.15) is 55.0 Å². The van der Waals surface area contributed by atoms with Crippen molar-refractivity contribution in [2.24, 2.45) is 5.41 Å². The molecule has 35 heavy (non-hydrogen) atoms. The van der Waals surface area contributed by atoms with Gasteiger partial charge in [-0.2, -0.15) is 10.2 Å². The first-order chi connectivity index (χ1) is 17.1. The molecule has 3 aromatic heterocycles. The fourth-order valence-electron chi connectivity index (χ4n) is 5.72. The molecule has 2 aliphatic carbocycles. The van der Waals surface area contributed by atoms with Gasteiger partial charge in [-0.25, -0.2) is 0 Å². The van der Waals surface area contributed by atoms with Crippen molar-refractivity contribution in [2.75, 3.05) is 18.0 Å². The van der Waals surface area contributed by atoms with Crippen LogP contribution in [-0.2, 0) is 0 Å². The summed E-state index contributed by atoms with van der Waals surface area (Å²) >= 11 is 6.48. The van der Waals surface area contributed by atoms with Crippen molar-refractivity contribution in [1.82, 2.24) is 20.3 Å². The van der Waals surface area contributed by atoms with Gasteiger partial charge in [-0.15, -0.1) is 0 Å². The molecule has 0 atom stereocenters. The van der Waals surface area contributed by atoms with Crippen molar-refractivity contribution < 1.29 is 4.52 Å². The third-order valence-corrected chi connectivity index (χ3v) is 8.16. The van der Waals surface area contributed by atoms with E-state index in [1.165, 1.54) is 29.7 Å². The van der Waals surface area contributed by atoms with E-state index in [1.807, 2.05) is 13.0 Å². The zero-order valence-electron chi connectivity index (χ0n) is 19.7. The Kier molecular flexibility index (Phi) is 4.75. The molecule has 1 saturated carbocycles. The Balaban J connectivity index is 1.14. The van der Waals surface area contributed by atoms with E-state index in [2.05, 4.69) is 55.6 Å². The maximum absolute atomic E-state index is 6.48. The van der Waals surface area contributed by atoms with Crippen molar-refractivity contribution in [3.05, 3.63) is 70.8 Å². The van der Waals surface area contributed by atoms with Gasteiger partial charge in [0.2, 0.25) is 0 Å². The van der Waals surface area contributed by atoms with Gasteiger partial charge in [-0.1, -0.05) is 28.9 Å². The van der Waals surface area contributed by atoms with Crippen molar-refractivity contribution >= 4 is 33.8 Å². The molecule has 3 aliphatic rings. The molecule has 2 fully saturated rings. The van der Waals surface area contributed by atoms with Gasteiger partial charge in [-0.05, 0) is 74.3 Å². The Morgan fingerprint density at radius 2 is 1.91 bits per heavy atom. The fraction of sp³-hybridized carbons (Fsp3) is 0.357. The molecule has 0 radical (unpaired) electrons. The highest BCUT2D eigenvalue weighted by Gasteiger charge is 2.44. The number of allylic oxidation sites excluding steroid dienone is 2. The second-order valence-electron chi connectivity index (χ2n) is 10.3. The Bertz CT molecular complexity index is 1480. The fourth-order valence-corrected chi connectivity index (χ4v) is 5.93. The van der Waals surface area contributed by atoms with E-state index in [0.29, 0.717) is 10.9 Å². The third-order valence-electron chi connectivity index (χ3n) is 7.86. The molecule has 1 saturated heterocycles. The summed E-state index contributed by atoms with van der Waals surface area (Å²) in [6.07, 6.45) is 11.6. The lowest BCUT2D eigenvalue weighted by Crippen LogP contribution is -2.42. The predicted octanol–water partition coefficient (Wildman–Crippen LogP) is 6.59. The van der Waals surface area contributed by atoms with Crippen molar-refractivity contribution in [2.45, 2.75) is 44.9 Å². The molecule has 0 unspecified atom stereocenters. The Hall–Kier alpha value is -3.25. The highest BCUT2D eigenvalue weighted by Crippen LogP contribution is 2.56. The van der Waals surface area contributed by atoms with Gasteiger partial charge in [0.1, 0.15) is 11.5 Å². The van der Waals surface area contributed by atoms with E-state index in [4.69, 9.17) is 16.1 Å². The monoisotopic (exact) mass is 483 g/mol. The number of pyridine rings is 1. The van der Waals surface area contributed by atoms with Crippen LogP contribution in [0.3, 0.4) is 0 Å². The maximum Gasteiger partial charge on any atom is 0.147 e. The van der Waals surface area contributed by atoms with Gasteiger partial charge in [-0.3, -0.25) is 4.98 Å². The van der Waals surface area contributed by atoms with Crippen LogP contribution >= 0.6 is 11.6 Å². The molecule has 6 nitrogen and oxygen atoms in total. The van der Waals surface area contributed by atoms with Crippen molar-refractivity contribution in [3.63, 3.8) is 0 Å². The SMILES string of the molecule is Cc1cc2ccc(N3CCC4(C=C(c5c(-c6ccncc6Cl)noc5C5CC5)C4)CC3)cc2nn1. The largest absolute Gasteiger partial charge is 0.371 e. The van der Waals surface area contributed by atoms with E-state index in [1.54, 1.807) is 12.4 Å². The normalized spacial score (nSPS) is 19.1. The number of hydrogen-bond donors (Lipinski definition) is 0. The molecular formula is C28H26ClN5O. The topological polar surface area (TPSA) is 67.9 Å². The summed E-state index contributed by atoms with van der Waals surface area (Å²) < 4.78 is 5.89. The summed E-state index contributed by atoms with van der Waals surface area (Å²) in [5.41, 5.74) is 7.71. The average Bonchev–Trinajstić information content (AvgIpc) is 3.61. The number of halogens is 1. The first-order valence-electron chi connectivity index (χ1n) is 12.4. The number of aryl methyl sites for hydroxylation is 1. The van der Waals surface area contributed by atoms with Gasteiger partial charge in [0.25, 0.3) is 0 Å². The summed E-state index contributed by atoms with van der Waals surface area (Å²) in [5.74, 6) is 1.53. The number of piperidine rings is 1. The minimum Gasteiger partial charge on any atom is -0.371 e. The molecule has 176 valence electrons. The standard InChI is InChI=1S/C28H26ClN5O/c1-17-12-19-4-5-21(13-24(19)32-31-17)34-10-7-28(8-11-34)14-20(15-28)25-26(22-6-9-30-16-23(22)29)33-35-27(25)18-2-3-18/h4-6,9,12-14,16,18H,2-3,7-8,10-11,15H2,1H3. The highest BCUT2D eigenvalue weighted by atomic mass is 35.5. The first kappa shape index (κ1) is 21.1. The van der Waals surface area contributed by atoms with Crippen LogP contribution in [0.15, 0.2) is 53.3 Å². The van der Waals surface area contributed by atoms with Gasteiger partial charge in [0, 0.05) is 53.6 Å². The first-order valence-corrected chi connectivity index (χ1v) is 12.8. The molecule has 0 amide bonds. The minimum atomic E-state index is 0.261. The molecule has 7 heteroatoms. The molecule has 7 rings (SSSR count). The molecule has 0 N–H and O–H groups in total. The van der Waals surface area contributed by atoms with Crippen LogP contribution in [-0.4, -0.2) is 33.4 Å². The quantitative estimate of drug-likeness (QED) is 0.326. The number of hydrogen-bond acceptors (Lipinski definition) is 6. The smallest absolute Gasteiger partial charge is 0.147 e. The highest BCUT2D eigenvalue weighted by molar-refractivity contribution is 6.33. The molecule has 1 aromatic carbocycles. The maximum atomic E-state index is 6.48. The third kappa shape index (κ3) is 3.62. The summed E-state index contributed by atoms with van der Waals surface area (Å²) in [5, 5.41) is 14.9. The Labute approximate surface area is 209 Å². The molecule has 4 heterocycles. The Morgan fingerprint density at radius 1 is 1.09 bits per heavy atom. The van der Waals surface area contributed by atoms with Gasteiger partial charge >= 0.3 is 0 Å². The lowest BCUT2D eigenvalue weighted by Gasteiger charge is -2.47. The molecule has 4 aromatic rings. The predicted molar refractivity (Wildman–Crippen MR) is 137 cm³/mol. The van der Waals surface area contributed by atoms with E-state index in [9.17, 15) is 0 Å². The molecular weight excluding hydrogens is 458 g/mol. The van der Waals surface area contributed by atoms with Crippen LogP contribution in [0.2, 0.25) is 5.02 Å². The van der Waals surface area contributed by atoms with E-state index < -0.39 is 0 Å². The summed E-state index contributed by atoms with van der Waals surface area (Å²) in [4.78, 5) is 6.62. The lowest BCUT2D eigenvalue weighted by atomic mass is 9.63. The van der Waals surface area contributed by atoms with Crippen LogP contribution in [0.4, 0.5) is 5.69 Å². The molecule has 1 aliphatic heterocycles. The van der Waals surface area contributed by atoms with E-state index in [0.717, 1.165) is 66.0 Å². The number of nitrogens with zero attached hydrogens (tertiary/aromatic N) is 5. The van der Waals surface area contributed by atoms with Crippen LogP contribution < -0.4 is 4.90 Å². The molecule has 0 bridgehead atoms.